The number of aryl methyl sites for hydroxylation is 3. The number of fused-ring (bicyclic) bond motifs is 3. The number of benzene rings is 2. The van der Waals surface area contributed by atoms with Gasteiger partial charge in [-0.3, -0.25) is 0 Å². The van der Waals surface area contributed by atoms with Crippen LogP contribution in [0.1, 0.15) is 17.3 Å². The number of hydrogen-bond acceptors (Lipinski definition) is 8. The second-order valence-corrected chi connectivity index (χ2v) is 9.03. The van der Waals surface area contributed by atoms with Crippen LogP contribution in [0, 0.1) is 20.8 Å². The minimum atomic E-state index is 0.530. The van der Waals surface area contributed by atoms with E-state index in [-0.39, 0.29) is 0 Å². The lowest BCUT2D eigenvalue weighted by Crippen LogP contribution is -2.01. The molecule has 0 spiro atoms. The number of ether oxygens (including phenoxy) is 2. The zero-order chi connectivity index (χ0) is 26.4. The normalized spacial score (nSPS) is 11.3. The molecule has 38 heavy (non-hydrogen) atoms. The van der Waals surface area contributed by atoms with Crippen molar-refractivity contribution in [1.29, 1.82) is 0 Å². The van der Waals surface area contributed by atoms with Crippen LogP contribution in [-0.4, -0.2) is 39.3 Å². The molecule has 9 nitrogen and oxygen atoms in total. The maximum absolute atomic E-state index is 5.82. The van der Waals surface area contributed by atoms with Crippen LogP contribution in [0.2, 0.25) is 0 Å². The minimum Gasteiger partial charge on any atom is -0.496 e. The number of methoxy groups -OCH3 is 2. The van der Waals surface area contributed by atoms with E-state index in [9.17, 15) is 0 Å². The first kappa shape index (κ1) is 23.5. The molecule has 0 saturated heterocycles. The summed E-state index contributed by atoms with van der Waals surface area (Å²) in [6.45, 7) is 5.69. The summed E-state index contributed by atoms with van der Waals surface area (Å²) in [5.74, 6) is 3.26. The van der Waals surface area contributed by atoms with Gasteiger partial charge in [0.05, 0.1) is 42.7 Å². The third kappa shape index (κ3) is 3.88. The molecule has 6 aromatic rings. The summed E-state index contributed by atoms with van der Waals surface area (Å²) in [5, 5.41) is 9.43. The van der Waals surface area contributed by atoms with Gasteiger partial charge in [-0.25, -0.2) is 15.0 Å². The Balaban J connectivity index is 1.55. The average molecular weight is 507 g/mol. The molecule has 6 rings (SSSR count). The zero-order valence-corrected chi connectivity index (χ0v) is 21.7. The van der Waals surface area contributed by atoms with Crippen molar-refractivity contribution in [2.24, 2.45) is 0 Å². The van der Waals surface area contributed by atoms with Crippen LogP contribution in [0.4, 0.5) is 11.5 Å². The third-order valence-corrected chi connectivity index (χ3v) is 6.61. The standard InChI is InChI=1S/C29H26N6O3/c1-15-26(16(2)38-35-15)21-11-22-20(12-24(21)36-4)27-28(33-22)31-17(3)32-29(27)34-23-14-30-25(37-5)13-19(23)18-9-7-6-8-10-18/h6-14H,1-5H3,(H2,31,32,33,34). The maximum Gasteiger partial charge on any atom is 0.213 e. The molecule has 0 aliphatic rings. The zero-order valence-electron chi connectivity index (χ0n) is 21.7. The van der Waals surface area contributed by atoms with Gasteiger partial charge >= 0.3 is 0 Å². The second kappa shape index (κ2) is 9.19. The summed E-state index contributed by atoms with van der Waals surface area (Å²) in [6.07, 6.45) is 1.76. The summed E-state index contributed by atoms with van der Waals surface area (Å²) < 4.78 is 16.6. The number of H-pyrrole nitrogens is 1. The smallest absolute Gasteiger partial charge is 0.213 e. The summed E-state index contributed by atoms with van der Waals surface area (Å²) in [4.78, 5) is 17.4. The Morgan fingerprint density at radius 1 is 0.921 bits per heavy atom. The molecule has 2 N–H and O–H groups in total. The molecular weight excluding hydrogens is 480 g/mol. The maximum atomic E-state index is 5.82. The van der Waals surface area contributed by atoms with E-state index in [4.69, 9.17) is 24.0 Å². The highest BCUT2D eigenvalue weighted by Gasteiger charge is 2.21. The predicted octanol–water partition coefficient (Wildman–Crippen LogP) is 6.51. The lowest BCUT2D eigenvalue weighted by Gasteiger charge is -2.14. The van der Waals surface area contributed by atoms with Gasteiger partial charge < -0.3 is 24.3 Å². The van der Waals surface area contributed by atoms with Gasteiger partial charge in [-0.1, -0.05) is 35.5 Å². The van der Waals surface area contributed by atoms with E-state index in [0.29, 0.717) is 23.3 Å². The van der Waals surface area contributed by atoms with Crippen molar-refractivity contribution < 1.29 is 14.0 Å². The third-order valence-electron chi connectivity index (χ3n) is 6.61. The highest BCUT2D eigenvalue weighted by atomic mass is 16.5. The summed E-state index contributed by atoms with van der Waals surface area (Å²) in [5.41, 5.74) is 7.00. The Hall–Kier alpha value is -4.92. The monoisotopic (exact) mass is 506 g/mol. The van der Waals surface area contributed by atoms with Crippen LogP contribution >= 0.6 is 0 Å². The number of aromatic amines is 1. The van der Waals surface area contributed by atoms with Crippen LogP contribution in [0.25, 0.3) is 44.2 Å². The summed E-state index contributed by atoms with van der Waals surface area (Å²) >= 11 is 0. The fraction of sp³-hybridized carbons (Fsp3) is 0.172. The Bertz CT molecular complexity index is 1790. The molecule has 4 heterocycles. The van der Waals surface area contributed by atoms with E-state index in [1.54, 1.807) is 20.4 Å². The van der Waals surface area contributed by atoms with Crippen molar-refractivity contribution >= 4 is 33.4 Å². The van der Waals surface area contributed by atoms with Crippen molar-refractivity contribution in [3.63, 3.8) is 0 Å². The quantitative estimate of drug-likeness (QED) is 0.263. The van der Waals surface area contributed by atoms with E-state index in [1.165, 1.54) is 0 Å². The van der Waals surface area contributed by atoms with Crippen LogP contribution in [0.3, 0.4) is 0 Å². The van der Waals surface area contributed by atoms with Gasteiger partial charge in [0.15, 0.2) is 0 Å². The van der Waals surface area contributed by atoms with Crippen LogP contribution in [0.15, 0.2) is 59.3 Å². The van der Waals surface area contributed by atoms with Crippen LogP contribution < -0.4 is 14.8 Å². The molecule has 0 amide bonds. The van der Waals surface area contributed by atoms with E-state index in [1.807, 2.05) is 69.3 Å². The molecule has 190 valence electrons. The molecular formula is C29H26N6O3. The van der Waals surface area contributed by atoms with Gasteiger partial charge in [-0.2, -0.15) is 0 Å². The van der Waals surface area contributed by atoms with Crippen LogP contribution in [-0.2, 0) is 0 Å². The molecule has 2 aromatic carbocycles. The van der Waals surface area contributed by atoms with Gasteiger partial charge in [0.1, 0.15) is 28.8 Å². The van der Waals surface area contributed by atoms with E-state index < -0.39 is 0 Å². The number of hydrogen-bond donors (Lipinski definition) is 2. The van der Waals surface area contributed by atoms with Crippen LogP contribution in [0.5, 0.6) is 11.6 Å². The Morgan fingerprint density at radius 2 is 1.74 bits per heavy atom. The molecule has 4 aromatic heterocycles. The predicted molar refractivity (Wildman–Crippen MR) is 147 cm³/mol. The lowest BCUT2D eigenvalue weighted by atomic mass is 10.0. The van der Waals surface area contributed by atoms with Crippen molar-refractivity contribution in [2.45, 2.75) is 20.8 Å². The van der Waals surface area contributed by atoms with Gasteiger partial charge in [0.25, 0.3) is 0 Å². The highest BCUT2D eigenvalue weighted by molar-refractivity contribution is 6.13. The van der Waals surface area contributed by atoms with E-state index in [2.05, 4.69) is 20.4 Å². The molecule has 0 aliphatic heterocycles. The first-order valence-corrected chi connectivity index (χ1v) is 12.1. The Labute approximate surface area is 218 Å². The Morgan fingerprint density at radius 3 is 2.45 bits per heavy atom. The largest absolute Gasteiger partial charge is 0.496 e. The van der Waals surface area contributed by atoms with E-state index in [0.717, 1.165) is 61.3 Å². The molecule has 0 saturated carbocycles. The highest BCUT2D eigenvalue weighted by Crippen LogP contribution is 2.41. The molecule has 9 heteroatoms. The number of anilines is 2. The number of pyridine rings is 1. The SMILES string of the molecule is COc1cc(-c2ccccc2)c(Nc2nc(C)nc3[nH]c4cc(-c5c(C)noc5C)c(OC)cc4c23)cn1. The van der Waals surface area contributed by atoms with Gasteiger partial charge in [-0.15, -0.1) is 0 Å². The number of aromatic nitrogens is 5. The van der Waals surface area contributed by atoms with E-state index >= 15 is 0 Å². The molecule has 0 atom stereocenters. The average Bonchev–Trinajstić information content (AvgIpc) is 3.46. The van der Waals surface area contributed by atoms with Crippen molar-refractivity contribution in [1.82, 2.24) is 25.1 Å². The molecule has 0 unspecified atom stereocenters. The molecule has 0 bridgehead atoms. The molecule has 0 radical (unpaired) electrons. The number of rotatable bonds is 6. The minimum absolute atomic E-state index is 0.530. The topological polar surface area (TPSA) is 111 Å². The van der Waals surface area contributed by atoms with Gasteiger partial charge in [0.2, 0.25) is 5.88 Å². The Kier molecular flexibility index (Phi) is 5.68. The van der Waals surface area contributed by atoms with Gasteiger partial charge in [0, 0.05) is 28.1 Å². The fourth-order valence-corrected chi connectivity index (χ4v) is 4.89. The van der Waals surface area contributed by atoms with Gasteiger partial charge in [-0.05, 0) is 38.5 Å². The summed E-state index contributed by atoms with van der Waals surface area (Å²) in [7, 11) is 3.27. The van der Waals surface area contributed by atoms with Crippen molar-refractivity contribution in [2.75, 3.05) is 19.5 Å². The first-order chi connectivity index (χ1) is 18.5. The fourth-order valence-electron chi connectivity index (χ4n) is 4.89. The second-order valence-electron chi connectivity index (χ2n) is 9.03. The number of nitrogens with one attached hydrogen (secondary N) is 2. The molecule has 0 fully saturated rings. The lowest BCUT2D eigenvalue weighted by molar-refractivity contribution is 0.393. The molecule has 0 aliphatic carbocycles. The van der Waals surface area contributed by atoms with Crippen molar-refractivity contribution in [3.8, 4) is 33.9 Å². The first-order valence-electron chi connectivity index (χ1n) is 12.1. The van der Waals surface area contributed by atoms with Crippen molar-refractivity contribution in [3.05, 3.63) is 72.0 Å². The number of nitrogens with zero attached hydrogens (tertiary/aromatic N) is 4. The summed E-state index contributed by atoms with van der Waals surface area (Å²) in [6, 6.07) is 16.1.